The molecule has 1 aromatic heterocycles. The Labute approximate surface area is 177 Å². The molecule has 0 spiro atoms. The molecular formula is C23H29N3O4. The Hall–Kier alpha value is -2.96. The predicted molar refractivity (Wildman–Crippen MR) is 114 cm³/mol. The summed E-state index contributed by atoms with van der Waals surface area (Å²) in [7, 11) is 1.63. The molecule has 2 amide bonds. The maximum absolute atomic E-state index is 13.0. The fourth-order valence-corrected chi connectivity index (χ4v) is 3.79. The minimum Gasteiger partial charge on any atom is -0.466 e. The molecule has 7 nitrogen and oxygen atoms in total. The van der Waals surface area contributed by atoms with Crippen molar-refractivity contribution in [1.29, 1.82) is 0 Å². The van der Waals surface area contributed by atoms with Crippen LogP contribution < -0.4 is 0 Å². The zero-order valence-electron chi connectivity index (χ0n) is 18.1. The first-order chi connectivity index (χ1) is 14.3. The van der Waals surface area contributed by atoms with E-state index in [-0.39, 0.29) is 30.2 Å². The van der Waals surface area contributed by atoms with Crippen LogP contribution in [0.1, 0.15) is 41.4 Å². The number of esters is 1. The van der Waals surface area contributed by atoms with Crippen molar-refractivity contribution < 1.29 is 19.1 Å². The van der Waals surface area contributed by atoms with Gasteiger partial charge in [0.25, 0.3) is 5.91 Å². The molecule has 0 aliphatic carbocycles. The molecule has 160 valence electrons. The number of pyridine rings is 1. The van der Waals surface area contributed by atoms with Crippen LogP contribution in [0.25, 0.3) is 10.9 Å². The normalized spacial score (nSPS) is 14.6. The number of nitrogens with zero attached hydrogens (tertiary/aromatic N) is 3. The van der Waals surface area contributed by atoms with Gasteiger partial charge < -0.3 is 14.5 Å². The van der Waals surface area contributed by atoms with E-state index in [1.165, 1.54) is 4.90 Å². The smallest absolute Gasteiger partial charge is 0.309 e. The second kappa shape index (κ2) is 9.24. The highest BCUT2D eigenvalue weighted by Gasteiger charge is 2.29. The first-order valence-corrected chi connectivity index (χ1v) is 10.4. The summed E-state index contributed by atoms with van der Waals surface area (Å²) >= 11 is 0. The molecular weight excluding hydrogens is 382 g/mol. The third kappa shape index (κ3) is 4.78. The quantitative estimate of drug-likeness (QED) is 0.707. The van der Waals surface area contributed by atoms with Gasteiger partial charge in [0, 0.05) is 25.5 Å². The van der Waals surface area contributed by atoms with Gasteiger partial charge in [0.15, 0.2) is 0 Å². The fourth-order valence-electron chi connectivity index (χ4n) is 3.79. The molecule has 2 aromatic rings. The van der Waals surface area contributed by atoms with E-state index in [1.54, 1.807) is 18.9 Å². The van der Waals surface area contributed by atoms with Gasteiger partial charge in [-0.2, -0.15) is 0 Å². The van der Waals surface area contributed by atoms with Crippen LogP contribution in [0.5, 0.6) is 0 Å². The Morgan fingerprint density at radius 3 is 2.53 bits per heavy atom. The Morgan fingerprint density at radius 2 is 1.87 bits per heavy atom. The highest BCUT2D eigenvalue weighted by Crippen LogP contribution is 2.21. The molecule has 0 radical (unpaired) electrons. The second-order valence-corrected chi connectivity index (χ2v) is 7.89. The molecule has 7 heteroatoms. The molecule has 1 fully saturated rings. The van der Waals surface area contributed by atoms with E-state index in [0.717, 1.165) is 16.5 Å². The summed E-state index contributed by atoms with van der Waals surface area (Å²) in [6, 6.07) is 7.77. The number of aromatic nitrogens is 1. The summed E-state index contributed by atoms with van der Waals surface area (Å²) in [6.45, 7) is 6.97. The molecule has 0 unspecified atom stereocenters. The zero-order chi connectivity index (χ0) is 21.8. The third-order valence-corrected chi connectivity index (χ3v) is 5.58. The van der Waals surface area contributed by atoms with Crippen LogP contribution in [0.4, 0.5) is 0 Å². The van der Waals surface area contributed by atoms with Crippen molar-refractivity contribution in [2.24, 2.45) is 5.92 Å². The summed E-state index contributed by atoms with van der Waals surface area (Å²) in [6.07, 6.45) is 1.19. The molecule has 1 saturated heterocycles. The number of likely N-dealkylation sites (N-methyl/N-ethyl adjacent to an activating group) is 1. The lowest BCUT2D eigenvalue weighted by molar-refractivity contribution is -0.151. The maximum atomic E-state index is 13.0. The van der Waals surface area contributed by atoms with E-state index in [1.807, 2.05) is 38.1 Å². The Kier molecular flexibility index (Phi) is 6.70. The van der Waals surface area contributed by atoms with Gasteiger partial charge in [-0.1, -0.05) is 12.1 Å². The van der Waals surface area contributed by atoms with Gasteiger partial charge in [-0.3, -0.25) is 19.4 Å². The van der Waals surface area contributed by atoms with E-state index in [2.05, 4.69) is 4.98 Å². The van der Waals surface area contributed by atoms with Crippen molar-refractivity contribution in [3.05, 3.63) is 41.1 Å². The van der Waals surface area contributed by atoms with E-state index < -0.39 is 0 Å². The molecule has 2 heterocycles. The first-order valence-electron chi connectivity index (χ1n) is 10.4. The zero-order valence-corrected chi connectivity index (χ0v) is 18.1. The predicted octanol–water partition coefficient (Wildman–Crippen LogP) is 2.73. The summed E-state index contributed by atoms with van der Waals surface area (Å²) in [5.74, 6) is -0.679. The molecule has 1 aliphatic rings. The molecule has 0 bridgehead atoms. The van der Waals surface area contributed by atoms with Gasteiger partial charge in [0.2, 0.25) is 5.91 Å². The number of aryl methyl sites for hydroxylation is 2. The number of benzene rings is 1. The van der Waals surface area contributed by atoms with Gasteiger partial charge in [0.05, 0.1) is 35.8 Å². The number of hydrogen-bond acceptors (Lipinski definition) is 5. The van der Waals surface area contributed by atoms with Gasteiger partial charge in [-0.25, -0.2) is 0 Å². The highest BCUT2D eigenvalue weighted by molar-refractivity contribution is 6.00. The maximum Gasteiger partial charge on any atom is 0.309 e. The van der Waals surface area contributed by atoms with Crippen LogP contribution in [-0.2, 0) is 14.3 Å². The van der Waals surface area contributed by atoms with E-state index >= 15 is 0 Å². The number of amides is 2. The van der Waals surface area contributed by atoms with Crippen molar-refractivity contribution in [1.82, 2.24) is 14.8 Å². The number of likely N-dealkylation sites (tertiary alicyclic amines) is 1. The number of carbonyl (C=O) groups is 3. The Bertz CT molecular complexity index is 964. The molecule has 30 heavy (non-hydrogen) atoms. The lowest BCUT2D eigenvalue weighted by Gasteiger charge is -2.32. The van der Waals surface area contributed by atoms with Crippen LogP contribution in [0.3, 0.4) is 0 Å². The number of piperidine rings is 1. The molecule has 0 atom stereocenters. The summed E-state index contributed by atoms with van der Waals surface area (Å²) in [4.78, 5) is 45.2. The molecule has 0 saturated carbocycles. The largest absolute Gasteiger partial charge is 0.466 e. The highest BCUT2D eigenvalue weighted by atomic mass is 16.5. The van der Waals surface area contributed by atoms with Gasteiger partial charge in [0.1, 0.15) is 0 Å². The Balaban J connectivity index is 1.62. The number of hydrogen-bond donors (Lipinski definition) is 0. The van der Waals surface area contributed by atoms with Crippen molar-refractivity contribution in [3.8, 4) is 0 Å². The van der Waals surface area contributed by atoms with E-state index in [0.29, 0.717) is 43.8 Å². The fraction of sp³-hybridized carbons (Fsp3) is 0.478. The van der Waals surface area contributed by atoms with Crippen LogP contribution >= 0.6 is 0 Å². The number of fused-ring (bicyclic) bond motifs is 1. The monoisotopic (exact) mass is 411 g/mol. The minimum atomic E-state index is -0.225. The summed E-state index contributed by atoms with van der Waals surface area (Å²) in [5, 5.41) is 0.898. The average Bonchev–Trinajstić information content (AvgIpc) is 2.72. The van der Waals surface area contributed by atoms with Crippen molar-refractivity contribution in [2.75, 3.05) is 33.3 Å². The van der Waals surface area contributed by atoms with Gasteiger partial charge in [-0.05, 0) is 51.3 Å². The molecule has 1 aliphatic heterocycles. The topological polar surface area (TPSA) is 79.8 Å². The SMILES string of the molecule is CCOC(=O)C1CCN(C(=O)CN(C)C(=O)c2cc3ccc(C)cc3nc2C)CC1. The van der Waals surface area contributed by atoms with Crippen LogP contribution in [0.15, 0.2) is 24.3 Å². The lowest BCUT2D eigenvalue weighted by Crippen LogP contribution is -2.45. The van der Waals surface area contributed by atoms with Crippen LogP contribution in [-0.4, -0.2) is 65.9 Å². The summed E-state index contributed by atoms with van der Waals surface area (Å²) in [5.41, 5.74) is 3.12. The minimum absolute atomic E-state index is 0.00567. The first kappa shape index (κ1) is 21.7. The Morgan fingerprint density at radius 1 is 1.17 bits per heavy atom. The number of carbonyl (C=O) groups excluding carboxylic acids is 3. The third-order valence-electron chi connectivity index (χ3n) is 5.58. The molecule has 1 aromatic carbocycles. The van der Waals surface area contributed by atoms with Crippen molar-refractivity contribution >= 4 is 28.7 Å². The second-order valence-electron chi connectivity index (χ2n) is 7.89. The standard InChI is InChI=1S/C23H29N3O4/c1-5-30-23(29)17-8-10-26(11-9-17)21(27)14-25(4)22(28)19-13-18-7-6-15(2)12-20(18)24-16(19)3/h6-7,12-13,17H,5,8-11,14H2,1-4H3. The van der Waals surface area contributed by atoms with E-state index in [9.17, 15) is 14.4 Å². The van der Waals surface area contributed by atoms with Crippen molar-refractivity contribution in [3.63, 3.8) is 0 Å². The molecule has 3 rings (SSSR count). The van der Waals surface area contributed by atoms with Crippen molar-refractivity contribution in [2.45, 2.75) is 33.6 Å². The summed E-state index contributed by atoms with van der Waals surface area (Å²) < 4.78 is 5.07. The van der Waals surface area contributed by atoms with Gasteiger partial charge in [-0.15, -0.1) is 0 Å². The van der Waals surface area contributed by atoms with Crippen LogP contribution in [0.2, 0.25) is 0 Å². The van der Waals surface area contributed by atoms with Gasteiger partial charge >= 0.3 is 5.97 Å². The number of ether oxygens (including phenoxy) is 1. The number of rotatable bonds is 5. The average molecular weight is 412 g/mol. The van der Waals surface area contributed by atoms with Crippen LogP contribution in [0, 0.1) is 19.8 Å². The van der Waals surface area contributed by atoms with E-state index in [4.69, 9.17) is 4.74 Å². The molecule has 0 N–H and O–H groups in total. The lowest BCUT2D eigenvalue weighted by atomic mass is 9.97.